The number of nitrogens with zero attached hydrogens (tertiary/aromatic N) is 4. The van der Waals surface area contributed by atoms with Gasteiger partial charge in [0.25, 0.3) is 5.91 Å². The minimum atomic E-state index is -0.416. The highest BCUT2D eigenvalue weighted by Gasteiger charge is 2.34. The first-order valence-corrected chi connectivity index (χ1v) is 10.0. The van der Waals surface area contributed by atoms with Gasteiger partial charge in [-0.25, -0.2) is 9.48 Å². The number of hydrogen-bond acceptors (Lipinski definition) is 7. The molecule has 10 nitrogen and oxygen atoms in total. The fourth-order valence-electron chi connectivity index (χ4n) is 4.33. The van der Waals surface area contributed by atoms with Crippen molar-refractivity contribution in [2.24, 2.45) is 0 Å². The SMILES string of the molecule is C[C@@H]1CN(C(=O)c2nnn(CC3COC(=O)N3)c2C2CCNCC2)C[C@H](C)O1.Cl. The molecule has 1 aromatic heterocycles. The number of piperidine rings is 1. The highest BCUT2D eigenvalue weighted by molar-refractivity contribution is 5.93. The van der Waals surface area contributed by atoms with Crippen LogP contribution in [-0.2, 0) is 16.0 Å². The molecule has 0 spiro atoms. The lowest BCUT2D eigenvalue weighted by atomic mass is 9.92. The Morgan fingerprint density at radius 1 is 1.21 bits per heavy atom. The summed E-state index contributed by atoms with van der Waals surface area (Å²) in [6.45, 7) is 7.60. The lowest BCUT2D eigenvalue weighted by Crippen LogP contribution is -2.48. The molecule has 0 radical (unpaired) electrons. The first-order valence-electron chi connectivity index (χ1n) is 10.0. The molecule has 1 aromatic rings. The molecule has 162 valence electrons. The molecule has 0 bridgehead atoms. The van der Waals surface area contributed by atoms with Crippen LogP contribution in [0.3, 0.4) is 0 Å². The highest BCUT2D eigenvalue weighted by atomic mass is 35.5. The van der Waals surface area contributed by atoms with E-state index in [1.165, 1.54) is 0 Å². The number of nitrogens with one attached hydrogen (secondary N) is 2. The Kier molecular flexibility index (Phi) is 6.97. The van der Waals surface area contributed by atoms with Crippen LogP contribution in [0.1, 0.15) is 48.8 Å². The average molecular weight is 429 g/mol. The van der Waals surface area contributed by atoms with Crippen molar-refractivity contribution in [3.8, 4) is 0 Å². The van der Waals surface area contributed by atoms with Crippen molar-refractivity contribution in [1.82, 2.24) is 30.5 Å². The Hall–Kier alpha value is -1.91. The summed E-state index contributed by atoms with van der Waals surface area (Å²) in [7, 11) is 0. The van der Waals surface area contributed by atoms with Gasteiger partial charge < -0.3 is 25.0 Å². The summed E-state index contributed by atoms with van der Waals surface area (Å²) < 4.78 is 12.5. The van der Waals surface area contributed by atoms with Crippen molar-refractivity contribution < 1.29 is 19.1 Å². The summed E-state index contributed by atoms with van der Waals surface area (Å²) in [6.07, 6.45) is 1.43. The number of carbonyl (C=O) groups is 2. The van der Waals surface area contributed by atoms with Crippen LogP contribution >= 0.6 is 12.4 Å². The van der Waals surface area contributed by atoms with Crippen LogP contribution in [0.5, 0.6) is 0 Å². The first-order chi connectivity index (χ1) is 13.5. The Labute approximate surface area is 176 Å². The molecule has 0 aromatic carbocycles. The van der Waals surface area contributed by atoms with E-state index in [1.54, 1.807) is 4.68 Å². The number of halogens is 1. The molecule has 4 rings (SSSR count). The van der Waals surface area contributed by atoms with Crippen LogP contribution in [0, 0.1) is 0 Å². The lowest BCUT2D eigenvalue weighted by Gasteiger charge is -2.35. The van der Waals surface area contributed by atoms with Crippen LogP contribution < -0.4 is 10.6 Å². The minimum absolute atomic E-state index is 0. The van der Waals surface area contributed by atoms with Gasteiger partial charge in [-0.2, -0.15) is 0 Å². The van der Waals surface area contributed by atoms with E-state index in [1.807, 2.05) is 18.7 Å². The minimum Gasteiger partial charge on any atom is -0.447 e. The molecule has 3 fully saturated rings. The van der Waals surface area contributed by atoms with Crippen LogP contribution in [0.15, 0.2) is 0 Å². The van der Waals surface area contributed by atoms with Gasteiger partial charge in [0.05, 0.1) is 30.5 Å². The molecule has 3 aliphatic heterocycles. The smallest absolute Gasteiger partial charge is 0.407 e. The molecular weight excluding hydrogens is 400 g/mol. The molecule has 2 amide bonds. The second-order valence-corrected chi connectivity index (χ2v) is 7.94. The van der Waals surface area contributed by atoms with Gasteiger partial charge in [0.1, 0.15) is 6.61 Å². The summed E-state index contributed by atoms with van der Waals surface area (Å²) in [5.41, 5.74) is 1.30. The Morgan fingerprint density at radius 3 is 2.52 bits per heavy atom. The Balaban J connectivity index is 0.00000240. The van der Waals surface area contributed by atoms with Gasteiger partial charge in [0.2, 0.25) is 0 Å². The van der Waals surface area contributed by atoms with Gasteiger partial charge in [-0.3, -0.25) is 4.79 Å². The van der Waals surface area contributed by atoms with Crippen LogP contribution in [-0.4, -0.2) is 82.9 Å². The number of amides is 2. The number of ether oxygens (including phenoxy) is 2. The monoisotopic (exact) mass is 428 g/mol. The third-order valence-corrected chi connectivity index (χ3v) is 5.54. The lowest BCUT2D eigenvalue weighted by molar-refractivity contribution is -0.0587. The van der Waals surface area contributed by atoms with Gasteiger partial charge in [-0.15, -0.1) is 17.5 Å². The van der Waals surface area contributed by atoms with Crippen molar-refractivity contribution in [1.29, 1.82) is 0 Å². The molecule has 3 atom stereocenters. The molecular formula is C18H29ClN6O4. The molecule has 0 aliphatic carbocycles. The van der Waals surface area contributed by atoms with E-state index in [9.17, 15) is 9.59 Å². The van der Waals surface area contributed by atoms with Crippen molar-refractivity contribution in [2.45, 2.75) is 57.4 Å². The van der Waals surface area contributed by atoms with Gasteiger partial charge in [0.15, 0.2) is 5.69 Å². The number of morpholine rings is 1. The maximum atomic E-state index is 13.3. The normalized spacial score (nSPS) is 27.9. The molecule has 3 aliphatic rings. The largest absolute Gasteiger partial charge is 0.447 e. The van der Waals surface area contributed by atoms with Crippen LogP contribution in [0.25, 0.3) is 0 Å². The first kappa shape index (κ1) is 21.8. The third-order valence-electron chi connectivity index (χ3n) is 5.54. The quantitative estimate of drug-likeness (QED) is 0.719. The number of cyclic esters (lactones) is 1. The highest BCUT2D eigenvalue weighted by Crippen LogP contribution is 2.29. The molecule has 29 heavy (non-hydrogen) atoms. The maximum Gasteiger partial charge on any atom is 0.407 e. The number of aromatic nitrogens is 3. The van der Waals surface area contributed by atoms with Gasteiger partial charge in [-0.1, -0.05) is 5.21 Å². The zero-order chi connectivity index (χ0) is 19.7. The molecule has 2 N–H and O–H groups in total. The van der Waals surface area contributed by atoms with E-state index in [-0.39, 0.29) is 42.5 Å². The summed E-state index contributed by atoms with van der Waals surface area (Å²) in [5.74, 6) is 0.123. The maximum absolute atomic E-state index is 13.3. The van der Waals surface area contributed by atoms with E-state index < -0.39 is 6.09 Å². The Morgan fingerprint density at radius 2 is 1.90 bits per heavy atom. The van der Waals surface area contributed by atoms with Crippen molar-refractivity contribution in [3.05, 3.63) is 11.4 Å². The second kappa shape index (κ2) is 9.27. The predicted molar refractivity (Wildman–Crippen MR) is 106 cm³/mol. The molecule has 4 heterocycles. The van der Waals surface area contributed by atoms with E-state index in [0.29, 0.717) is 31.9 Å². The van der Waals surface area contributed by atoms with Crippen LogP contribution in [0.2, 0.25) is 0 Å². The number of alkyl carbamates (subject to hydrolysis) is 1. The standard InChI is InChI=1S/C18H28N6O4.ClH/c1-11-7-23(8-12(2)28-11)17(25)15-16(13-3-5-19-6-4-13)24(22-21-15)9-14-10-27-18(26)20-14;/h11-14,19H,3-10H2,1-2H3,(H,20,26);1H/t11-,12+,14?;. The molecule has 1 unspecified atom stereocenters. The number of carbonyl (C=O) groups excluding carboxylic acids is 2. The van der Waals surface area contributed by atoms with E-state index in [2.05, 4.69) is 20.9 Å². The molecule has 3 saturated heterocycles. The van der Waals surface area contributed by atoms with E-state index >= 15 is 0 Å². The molecule has 0 saturated carbocycles. The fraction of sp³-hybridized carbons (Fsp3) is 0.778. The van der Waals surface area contributed by atoms with Gasteiger partial charge >= 0.3 is 6.09 Å². The third kappa shape index (κ3) is 4.81. The van der Waals surface area contributed by atoms with Crippen LogP contribution in [0.4, 0.5) is 4.79 Å². The zero-order valence-corrected chi connectivity index (χ0v) is 17.6. The van der Waals surface area contributed by atoms with Gasteiger partial charge in [-0.05, 0) is 39.8 Å². The summed E-state index contributed by atoms with van der Waals surface area (Å²) >= 11 is 0. The molecule has 11 heteroatoms. The summed E-state index contributed by atoms with van der Waals surface area (Å²) in [4.78, 5) is 26.5. The summed E-state index contributed by atoms with van der Waals surface area (Å²) in [6, 6.07) is -0.166. The Bertz CT molecular complexity index is 728. The van der Waals surface area contributed by atoms with E-state index in [4.69, 9.17) is 9.47 Å². The van der Waals surface area contributed by atoms with Crippen molar-refractivity contribution in [3.63, 3.8) is 0 Å². The van der Waals surface area contributed by atoms with Crippen molar-refractivity contribution in [2.75, 3.05) is 32.8 Å². The fourth-order valence-corrected chi connectivity index (χ4v) is 4.33. The second-order valence-electron chi connectivity index (χ2n) is 7.94. The summed E-state index contributed by atoms with van der Waals surface area (Å²) in [5, 5.41) is 14.7. The zero-order valence-electron chi connectivity index (χ0n) is 16.8. The van der Waals surface area contributed by atoms with Crippen molar-refractivity contribution >= 4 is 24.4 Å². The van der Waals surface area contributed by atoms with Gasteiger partial charge in [0, 0.05) is 19.0 Å². The average Bonchev–Trinajstić information content (AvgIpc) is 3.27. The number of rotatable bonds is 4. The predicted octanol–water partition coefficient (Wildman–Crippen LogP) is 0.525. The topological polar surface area (TPSA) is 111 Å². The number of hydrogen-bond donors (Lipinski definition) is 2. The van der Waals surface area contributed by atoms with E-state index in [0.717, 1.165) is 31.6 Å².